The quantitative estimate of drug-likeness (QED) is 0.722. The van der Waals surface area contributed by atoms with Gasteiger partial charge in [0.05, 0.1) is 0 Å². The van der Waals surface area contributed by atoms with Crippen LogP contribution in [0.5, 0.6) is 0 Å². The van der Waals surface area contributed by atoms with Crippen molar-refractivity contribution in [2.45, 2.75) is 0 Å². The normalized spacial score (nSPS) is 17.7. The summed E-state index contributed by atoms with van der Waals surface area (Å²) in [7, 11) is 0. The van der Waals surface area contributed by atoms with Gasteiger partial charge in [0.25, 0.3) is 0 Å². The molecule has 0 spiro atoms. The number of urea groups is 1. The molecule has 1 aliphatic rings. The molecule has 0 atom stereocenters. The largest absolute Gasteiger partial charge is 0.322 e. The molecule has 1 heterocycles. The zero-order chi connectivity index (χ0) is 8.97. The van der Waals surface area contributed by atoms with Crippen molar-refractivity contribution in [2.24, 2.45) is 0 Å². The van der Waals surface area contributed by atoms with Crippen molar-refractivity contribution in [1.29, 1.82) is 0 Å². The average Bonchev–Trinajstić information content (AvgIpc) is 2.38. The highest BCUT2D eigenvalue weighted by atomic mass is 79.9. The number of nitrogens with zero attached hydrogens (tertiary/aromatic N) is 2. The summed E-state index contributed by atoms with van der Waals surface area (Å²) >= 11 is 6.65. The number of alkyl halides is 2. The summed E-state index contributed by atoms with van der Waals surface area (Å²) in [5.41, 5.74) is 0. The topological polar surface area (TPSA) is 23.6 Å². The van der Waals surface area contributed by atoms with Gasteiger partial charge in [-0.15, -0.1) is 0 Å². The number of carbonyl (C=O) groups excluding carboxylic acids is 1. The number of amides is 2. The lowest BCUT2D eigenvalue weighted by Crippen LogP contribution is -2.33. The maximum absolute atomic E-state index is 11.5. The van der Waals surface area contributed by atoms with E-state index in [1.54, 1.807) is 0 Å². The van der Waals surface area contributed by atoms with E-state index in [0.29, 0.717) is 0 Å². The molecular formula is C7H12Br2N2O. The van der Waals surface area contributed by atoms with Gasteiger partial charge in [-0.05, 0) is 0 Å². The second-order valence-electron chi connectivity index (χ2n) is 2.63. The fourth-order valence-electron chi connectivity index (χ4n) is 1.25. The number of carbonyl (C=O) groups is 1. The van der Waals surface area contributed by atoms with E-state index >= 15 is 0 Å². The molecule has 1 rings (SSSR count). The van der Waals surface area contributed by atoms with Gasteiger partial charge in [-0.3, -0.25) is 0 Å². The monoisotopic (exact) mass is 298 g/mol. The highest BCUT2D eigenvalue weighted by molar-refractivity contribution is 9.09. The molecule has 0 unspecified atom stereocenters. The van der Waals surface area contributed by atoms with Crippen LogP contribution in [-0.2, 0) is 0 Å². The molecule has 0 N–H and O–H groups in total. The molecule has 5 heteroatoms. The Bertz CT molecular complexity index is 149. The predicted molar refractivity (Wildman–Crippen MR) is 56.1 cm³/mol. The van der Waals surface area contributed by atoms with Crippen LogP contribution in [0.15, 0.2) is 0 Å². The molecule has 1 aliphatic heterocycles. The molecule has 0 aromatic heterocycles. The van der Waals surface area contributed by atoms with E-state index in [0.717, 1.165) is 36.8 Å². The Balaban J connectivity index is 2.38. The smallest absolute Gasteiger partial charge is 0.320 e. The fourth-order valence-corrected chi connectivity index (χ4v) is 2.11. The minimum absolute atomic E-state index is 0.175. The van der Waals surface area contributed by atoms with Crippen LogP contribution in [0.1, 0.15) is 0 Å². The average molecular weight is 300 g/mol. The van der Waals surface area contributed by atoms with Crippen LogP contribution in [0.4, 0.5) is 4.79 Å². The maximum Gasteiger partial charge on any atom is 0.320 e. The first-order valence-corrected chi connectivity index (χ1v) is 6.19. The van der Waals surface area contributed by atoms with Crippen LogP contribution in [0.2, 0.25) is 0 Å². The standard InChI is InChI=1S/C7H12Br2N2O/c8-1-3-10-5-6-11(4-2-9)7(10)12/h1-6H2. The van der Waals surface area contributed by atoms with Crippen LogP contribution in [0.3, 0.4) is 0 Å². The molecule has 12 heavy (non-hydrogen) atoms. The molecule has 70 valence electrons. The summed E-state index contributed by atoms with van der Waals surface area (Å²) in [6.45, 7) is 3.38. The summed E-state index contributed by atoms with van der Waals surface area (Å²) in [4.78, 5) is 15.2. The van der Waals surface area contributed by atoms with E-state index in [4.69, 9.17) is 0 Å². The van der Waals surface area contributed by atoms with Crippen molar-refractivity contribution in [3.05, 3.63) is 0 Å². The Morgan fingerprint density at radius 3 is 1.83 bits per heavy atom. The molecule has 0 bridgehead atoms. The number of hydrogen-bond donors (Lipinski definition) is 0. The Labute approximate surface area is 89.3 Å². The van der Waals surface area contributed by atoms with Gasteiger partial charge in [-0.1, -0.05) is 31.9 Å². The Hall–Kier alpha value is 0.230. The van der Waals surface area contributed by atoms with Crippen molar-refractivity contribution in [3.63, 3.8) is 0 Å². The van der Waals surface area contributed by atoms with E-state index in [1.165, 1.54) is 0 Å². The minimum Gasteiger partial charge on any atom is -0.322 e. The fraction of sp³-hybridized carbons (Fsp3) is 0.857. The SMILES string of the molecule is O=C1N(CCBr)CCN1CCBr. The van der Waals surface area contributed by atoms with Gasteiger partial charge in [0.15, 0.2) is 0 Å². The van der Waals surface area contributed by atoms with E-state index < -0.39 is 0 Å². The van der Waals surface area contributed by atoms with Gasteiger partial charge in [-0.25, -0.2) is 4.79 Å². The van der Waals surface area contributed by atoms with Gasteiger partial charge in [0.2, 0.25) is 0 Å². The van der Waals surface area contributed by atoms with Crippen LogP contribution in [0.25, 0.3) is 0 Å². The zero-order valence-corrected chi connectivity index (χ0v) is 9.97. The van der Waals surface area contributed by atoms with E-state index in [1.807, 2.05) is 9.80 Å². The molecule has 1 fully saturated rings. The lowest BCUT2D eigenvalue weighted by molar-refractivity contribution is 0.196. The number of halogens is 2. The van der Waals surface area contributed by atoms with Crippen molar-refractivity contribution in [1.82, 2.24) is 9.80 Å². The third kappa shape index (κ3) is 2.36. The Morgan fingerprint density at radius 2 is 1.50 bits per heavy atom. The molecule has 0 radical (unpaired) electrons. The predicted octanol–water partition coefficient (Wildman–Crippen LogP) is 1.51. The second kappa shape index (κ2) is 5.07. The zero-order valence-electron chi connectivity index (χ0n) is 6.80. The summed E-state index contributed by atoms with van der Waals surface area (Å²) < 4.78 is 0. The van der Waals surface area contributed by atoms with Crippen LogP contribution in [-0.4, -0.2) is 52.7 Å². The minimum atomic E-state index is 0.175. The summed E-state index contributed by atoms with van der Waals surface area (Å²) in [5, 5.41) is 1.72. The Morgan fingerprint density at radius 1 is 1.08 bits per heavy atom. The molecule has 0 saturated carbocycles. The van der Waals surface area contributed by atoms with Gasteiger partial charge in [0, 0.05) is 36.8 Å². The van der Waals surface area contributed by atoms with E-state index in [9.17, 15) is 4.79 Å². The van der Waals surface area contributed by atoms with Gasteiger partial charge < -0.3 is 9.80 Å². The first-order chi connectivity index (χ1) is 5.79. The summed E-state index contributed by atoms with van der Waals surface area (Å²) in [6, 6.07) is 0.175. The second-order valence-corrected chi connectivity index (χ2v) is 4.22. The van der Waals surface area contributed by atoms with E-state index in [2.05, 4.69) is 31.9 Å². The highest BCUT2D eigenvalue weighted by Crippen LogP contribution is 2.08. The number of hydrogen-bond acceptors (Lipinski definition) is 1. The van der Waals surface area contributed by atoms with Crippen molar-refractivity contribution in [2.75, 3.05) is 36.8 Å². The number of rotatable bonds is 4. The maximum atomic E-state index is 11.5. The molecule has 0 aliphatic carbocycles. The van der Waals surface area contributed by atoms with Crippen molar-refractivity contribution in [3.8, 4) is 0 Å². The molecule has 2 amide bonds. The lowest BCUT2D eigenvalue weighted by Gasteiger charge is -2.16. The summed E-state index contributed by atoms with van der Waals surface area (Å²) in [5.74, 6) is 0. The Kier molecular flexibility index (Phi) is 4.35. The molecule has 0 aromatic carbocycles. The van der Waals surface area contributed by atoms with E-state index in [-0.39, 0.29) is 6.03 Å². The van der Waals surface area contributed by atoms with Gasteiger partial charge in [-0.2, -0.15) is 0 Å². The molecule has 3 nitrogen and oxygen atoms in total. The molecule has 1 saturated heterocycles. The third-order valence-corrected chi connectivity index (χ3v) is 2.60. The van der Waals surface area contributed by atoms with Crippen molar-refractivity contribution < 1.29 is 4.79 Å². The van der Waals surface area contributed by atoms with Gasteiger partial charge in [0.1, 0.15) is 0 Å². The van der Waals surface area contributed by atoms with Crippen LogP contribution >= 0.6 is 31.9 Å². The van der Waals surface area contributed by atoms with Crippen LogP contribution < -0.4 is 0 Å². The highest BCUT2D eigenvalue weighted by Gasteiger charge is 2.26. The third-order valence-electron chi connectivity index (χ3n) is 1.89. The first kappa shape index (κ1) is 10.3. The molecular weight excluding hydrogens is 288 g/mol. The van der Waals surface area contributed by atoms with Gasteiger partial charge >= 0.3 is 6.03 Å². The van der Waals surface area contributed by atoms with Crippen molar-refractivity contribution >= 4 is 37.9 Å². The van der Waals surface area contributed by atoms with Crippen LogP contribution in [0, 0.1) is 0 Å². The first-order valence-electron chi connectivity index (χ1n) is 3.95. The lowest BCUT2D eigenvalue weighted by atomic mass is 10.5. The molecule has 0 aromatic rings. The summed E-state index contributed by atoms with van der Waals surface area (Å²) in [6.07, 6.45) is 0.